The molecule has 1 aliphatic rings. The van der Waals surface area contributed by atoms with E-state index in [9.17, 15) is 15.3 Å². The first-order valence-electron chi connectivity index (χ1n) is 5.42. The van der Waals surface area contributed by atoms with Crippen molar-refractivity contribution in [3.8, 4) is 12.3 Å². The van der Waals surface area contributed by atoms with Gasteiger partial charge in [0.1, 0.15) is 18.0 Å². The highest BCUT2D eigenvalue weighted by molar-refractivity contribution is 7.71. The summed E-state index contributed by atoms with van der Waals surface area (Å²) in [4.78, 5) is 3.85. The molecule has 0 aromatic carbocycles. The van der Waals surface area contributed by atoms with E-state index in [-0.39, 0.29) is 10.6 Å². The summed E-state index contributed by atoms with van der Waals surface area (Å²) in [5.41, 5.74) is 3.81. The number of hydrogen-bond acceptors (Lipinski definition) is 7. The van der Waals surface area contributed by atoms with Gasteiger partial charge in [-0.3, -0.25) is 4.57 Å². The highest BCUT2D eigenvalue weighted by Crippen LogP contribution is 2.36. The molecular formula is C11H13N3O4S. The highest BCUT2D eigenvalue weighted by Gasteiger charge is 2.54. The number of terminal acetylenes is 1. The molecule has 19 heavy (non-hydrogen) atoms. The lowest BCUT2D eigenvalue weighted by molar-refractivity contribution is -0.0930. The van der Waals surface area contributed by atoms with Crippen LogP contribution < -0.4 is 5.73 Å². The van der Waals surface area contributed by atoms with Gasteiger partial charge in [-0.2, -0.15) is 0 Å². The second-order valence-electron chi connectivity index (χ2n) is 4.18. The standard InChI is InChI=1S/C11H13N3O4S/c1-2-11(5-15)8(17)7(16)9(18-11)14-4-3-6(12)13-10(14)19/h1,3-4,7-9,15-17H,5H2,(H2,12,13,19)/t7-,8?,9+,11+/m0/s1. The number of nitrogen functional groups attached to an aromatic ring is 1. The van der Waals surface area contributed by atoms with Gasteiger partial charge in [-0.1, -0.05) is 5.92 Å². The highest BCUT2D eigenvalue weighted by atomic mass is 32.1. The molecule has 8 heteroatoms. The Labute approximate surface area is 114 Å². The lowest BCUT2D eigenvalue weighted by Gasteiger charge is -2.23. The zero-order chi connectivity index (χ0) is 14.2. The van der Waals surface area contributed by atoms with Crippen LogP contribution in [0.5, 0.6) is 0 Å². The van der Waals surface area contributed by atoms with Crippen molar-refractivity contribution < 1.29 is 20.1 Å². The minimum Gasteiger partial charge on any atom is -0.392 e. The number of anilines is 1. The topological polar surface area (TPSA) is 114 Å². The van der Waals surface area contributed by atoms with E-state index in [1.54, 1.807) is 0 Å². The first-order chi connectivity index (χ1) is 8.95. The molecule has 1 unspecified atom stereocenters. The number of nitrogens with zero attached hydrogens (tertiary/aromatic N) is 2. The molecule has 0 radical (unpaired) electrons. The van der Waals surface area contributed by atoms with Crippen molar-refractivity contribution in [1.82, 2.24) is 9.55 Å². The number of hydrogen-bond donors (Lipinski definition) is 4. The molecule has 1 aromatic rings. The molecule has 0 aliphatic carbocycles. The van der Waals surface area contributed by atoms with Gasteiger partial charge in [-0.05, 0) is 18.3 Å². The fourth-order valence-corrected chi connectivity index (χ4v) is 2.19. The minimum atomic E-state index is -1.67. The van der Waals surface area contributed by atoms with Crippen LogP contribution in [-0.4, -0.2) is 49.3 Å². The Morgan fingerprint density at radius 1 is 1.63 bits per heavy atom. The molecule has 1 saturated heterocycles. The summed E-state index contributed by atoms with van der Waals surface area (Å²) in [6.07, 6.45) is 2.90. The Morgan fingerprint density at radius 2 is 2.32 bits per heavy atom. The predicted octanol–water partition coefficient (Wildman–Crippen LogP) is -1.19. The summed E-state index contributed by atoms with van der Waals surface area (Å²) in [7, 11) is 0. The normalized spacial score (nSPS) is 34.1. The van der Waals surface area contributed by atoms with Gasteiger partial charge in [-0.25, -0.2) is 4.98 Å². The summed E-state index contributed by atoms with van der Waals surface area (Å²) in [5.74, 6) is 2.39. The molecule has 1 aromatic heterocycles. The predicted molar refractivity (Wildman–Crippen MR) is 68.3 cm³/mol. The number of aromatic nitrogens is 2. The molecule has 2 heterocycles. The second-order valence-corrected chi connectivity index (χ2v) is 4.54. The third-order valence-electron chi connectivity index (χ3n) is 3.03. The summed E-state index contributed by atoms with van der Waals surface area (Å²) in [6.45, 7) is -0.631. The Balaban J connectivity index is 2.43. The largest absolute Gasteiger partial charge is 0.392 e. The van der Waals surface area contributed by atoms with Crippen LogP contribution >= 0.6 is 12.2 Å². The van der Waals surface area contributed by atoms with Crippen molar-refractivity contribution in [1.29, 1.82) is 0 Å². The van der Waals surface area contributed by atoms with Crippen molar-refractivity contribution in [3.05, 3.63) is 17.0 Å². The van der Waals surface area contributed by atoms with Crippen LogP contribution in [0.15, 0.2) is 12.3 Å². The number of aliphatic hydroxyl groups excluding tert-OH is 3. The molecule has 2 rings (SSSR count). The van der Waals surface area contributed by atoms with E-state index in [1.807, 2.05) is 0 Å². The van der Waals surface area contributed by atoms with Crippen LogP contribution in [0.2, 0.25) is 0 Å². The molecular weight excluding hydrogens is 270 g/mol. The fraction of sp³-hybridized carbons (Fsp3) is 0.455. The molecule has 7 nitrogen and oxygen atoms in total. The van der Waals surface area contributed by atoms with Crippen LogP contribution in [0.25, 0.3) is 0 Å². The smallest absolute Gasteiger partial charge is 0.203 e. The first kappa shape index (κ1) is 13.9. The minimum absolute atomic E-state index is 0.0713. The number of nitrogens with two attached hydrogens (primary N) is 1. The fourth-order valence-electron chi connectivity index (χ4n) is 1.92. The summed E-state index contributed by atoms with van der Waals surface area (Å²) in [6, 6.07) is 1.47. The maximum atomic E-state index is 9.99. The van der Waals surface area contributed by atoms with E-state index in [2.05, 4.69) is 10.9 Å². The van der Waals surface area contributed by atoms with E-state index in [0.717, 1.165) is 0 Å². The van der Waals surface area contributed by atoms with E-state index in [0.29, 0.717) is 0 Å². The molecule has 0 bridgehead atoms. The van der Waals surface area contributed by atoms with Crippen LogP contribution in [-0.2, 0) is 4.74 Å². The molecule has 4 atom stereocenters. The second kappa shape index (κ2) is 4.88. The Bertz CT molecular complexity index is 584. The van der Waals surface area contributed by atoms with Crippen molar-refractivity contribution in [2.75, 3.05) is 12.3 Å². The summed E-state index contributed by atoms with van der Waals surface area (Å²) in [5, 5.41) is 29.2. The third kappa shape index (κ3) is 2.11. The van der Waals surface area contributed by atoms with Crippen LogP contribution in [0.4, 0.5) is 5.82 Å². The average Bonchev–Trinajstić information content (AvgIpc) is 2.64. The van der Waals surface area contributed by atoms with Gasteiger partial charge in [0, 0.05) is 6.20 Å². The molecule has 1 fully saturated rings. The molecule has 1 aliphatic heterocycles. The molecule has 5 N–H and O–H groups in total. The van der Waals surface area contributed by atoms with Gasteiger partial charge in [0.15, 0.2) is 11.8 Å². The van der Waals surface area contributed by atoms with E-state index in [4.69, 9.17) is 29.1 Å². The zero-order valence-electron chi connectivity index (χ0n) is 9.80. The van der Waals surface area contributed by atoms with Crippen molar-refractivity contribution in [2.24, 2.45) is 0 Å². The number of aliphatic hydroxyl groups is 3. The van der Waals surface area contributed by atoms with Gasteiger partial charge in [-0.15, -0.1) is 6.42 Å². The SMILES string of the molecule is C#C[C@]1(CO)O[C@@H](n2ccc(N)nc2=S)[C@@H](O)C1O. The maximum Gasteiger partial charge on any atom is 0.203 e. The molecule has 0 amide bonds. The zero-order valence-corrected chi connectivity index (χ0v) is 10.6. The molecule has 0 saturated carbocycles. The van der Waals surface area contributed by atoms with Gasteiger partial charge in [0.2, 0.25) is 4.77 Å². The van der Waals surface area contributed by atoms with E-state index < -0.39 is 30.6 Å². The Hall–Kier alpha value is -1.50. The van der Waals surface area contributed by atoms with Gasteiger partial charge >= 0.3 is 0 Å². The van der Waals surface area contributed by atoms with E-state index >= 15 is 0 Å². The Kier molecular flexibility index (Phi) is 3.58. The van der Waals surface area contributed by atoms with Gasteiger partial charge in [0.25, 0.3) is 0 Å². The Morgan fingerprint density at radius 3 is 2.79 bits per heavy atom. The first-order valence-corrected chi connectivity index (χ1v) is 5.83. The van der Waals surface area contributed by atoms with Gasteiger partial charge in [0.05, 0.1) is 6.61 Å². The monoisotopic (exact) mass is 283 g/mol. The average molecular weight is 283 g/mol. The summed E-state index contributed by atoms with van der Waals surface area (Å²) < 4.78 is 6.79. The van der Waals surface area contributed by atoms with Gasteiger partial charge < -0.3 is 25.8 Å². The van der Waals surface area contributed by atoms with Crippen LogP contribution in [0.3, 0.4) is 0 Å². The lowest BCUT2D eigenvalue weighted by atomic mass is 9.97. The van der Waals surface area contributed by atoms with Crippen LogP contribution in [0, 0.1) is 17.1 Å². The molecule has 0 spiro atoms. The lowest BCUT2D eigenvalue weighted by Crippen LogP contribution is -2.44. The summed E-state index contributed by atoms with van der Waals surface area (Å²) >= 11 is 5.00. The van der Waals surface area contributed by atoms with Crippen molar-refractivity contribution in [3.63, 3.8) is 0 Å². The third-order valence-corrected chi connectivity index (χ3v) is 3.33. The maximum absolute atomic E-state index is 9.99. The molecule has 102 valence electrons. The van der Waals surface area contributed by atoms with Crippen LogP contribution in [0.1, 0.15) is 6.23 Å². The quantitative estimate of drug-likeness (QED) is 0.398. The van der Waals surface area contributed by atoms with Crippen molar-refractivity contribution >= 4 is 18.0 Å². The number of ether oxygens (including phenoxy) is 1. The van der Waals surface area contributed by atoms with Crippen molar-refractivity contribution in [2.45, 2.75) is 24.0 Å². The number of rotatable bonds is 2. The van der Waals surface area contributed by atoms with E-state index in [1.165, 1.54) is 16.8 Å².